The average Bonchev–Trinajstić information content (AvgIpc) is 2.42. The fraction of sp³-hybridized carbons (Fsp3) is 0.600. The molecule has 0 radical (unpaired) electrons. The van der Waals surface area contributed by atoms with Crippen molar-refractivity contribution in [2.24, 2.45) is 0 Å². The van der Waals surface area contributed by atoms with Crippen LogP contribution in [0, 0.1) is 5.82 Å². The zero-order chi connectivity index (χ0) is 13.7. The van der Waals surface area contributed by atoms with E-state index in [1.807, 2.05) is 6.07 Å². The largest absolute Gasteiger partial charge is 0.314 e. The quantitative estimate of drug-likeness (QED) is 0.843. The number of nitrogens with zero attached hydrogens (tertiary/aromatic N) is 1. The molecule has 0 spiro atoms. The zero-order valence-electron chi connectivity index (χ0n) is 11.9. The molecule has 2 nitrogen and oxygen atoms in total. The van der Waals surface area contributed by atoms with Crippen LogP contribution in [0.2, 0.25) is 0 Å². The van der Waals surface area contributed by atoms with E-state index in [-0.39, 0.29) is 18.2 Å². The Bertz CT molecular complexity index is 411. The molecule has 1 atom stereocenters. The highest BCUT2D eigenvalue weighted by Crippen LogP contribution is 2.32. The van der Waals surface area contributed by atoms with E-state index in [0.717, 1.165) is 37.1 Å². The van der Waals surface area contributed by atoms with E-state index >= 15 is 0 Å². The first kappa shape index (κ1) is 17.9. The van der Waals surface area contributed by atoms with Crippen LogP contribution in [0.25, 0.3) is 0 Å². The third kappa shape index (κ3) is 4.69. The van der Waals surface area contributed by atoms with E-state index in [1.165, 1.54) is 18.4 Å². The third-order valence-electron chi connectivity index (χ3n) is 3.74. The SMILES string of the molecule is CCCC[C@@H](c1ccc(F)cc1Br)N1CCNCC1.Cl. The van der Waals surface area contributed by atoms with Gasteiger partial charge in [0.15, 0.2) is 0 Å². The molecule has 5 heteroatoms. The highest BCUT2D eigenvalue weighted by atomic mass is 79.9. The maximum absolute atomic E-state index is 13.3. The number of unbranched alkanes of at least 4 members (excludes halogenated alkanes) is 1. The Kier molecular flexibility index (Phi) is 8.03. The van der Waals surface area contributed by atoms with E-state index in [4.69, 9.17) is 0 Å². The molecule has 1 N–H and O–H groups in total. The molecular weight excluding hydrogens is 343 g/mol. The van der Waals surface area contributed by atoms with Gasteiger partial charge in [0, 0.05) is 36.7 Å². The lowest BCUT2D eigenvalue weighted by molar-refractivity contribution is 0.162. The van der Waals surface area contributed by atoms with Gasteiger partial charge in [-0.2, -0.15) is 0 Å². The Labute approximate surface area is 135 Å². The van der Waals surface area contributed by atoms with Crippen LogP contribution in [0.4, 0.5) is 4.39 Å². The van der Waals surface area contributed by atoms with Crippen molar-refractivity contribution >= 4 is 28.3 Å². The van der Waals surface area contributed by atoms with Crippen molar-refractivity contribution in [3.63, 3.8) is 0 Å². The normalized spacial score (nSPS) is 17.6. The van der Waals surface area contributed by atoms with Crippen molar-refractivity contribution in [2.45, 2.75) is 32.2 Å². The predicted molar refractivity (Wildman–Crippen MR) is 88.1 cm³/mol. The number of rotatable bonds is 5. The lowest BCUT2D eigenvalue weighted by atomic mass is 9.98. The van der Waals surface area contributed by atoms with Gasteiger partial charge in [-0.05, 0) is 24.1 Å². The maximum atomic E-state index is 13.3. The number of hydrogen-bond donors (Lipinski definition) is 1. The number of nitrogens with one attached hydrogen (secondary N) is 1. The summed E-state index contributed by atoms with van der Waals surface area (Å²) in [6.07, 6.45) is 3.54. The monoisotopic (exact) mass is 364 g/mol. The molecule has 2 rings (SSSR count). The van der Waals surface area contributed by atoms with Gasteiger partial charge in [0.2, 0.25) is 0 Å². The van der Waals surface area contributed by atoms with Gasteiger partial charge in [0.05, 0.1) is 0 Å². The van der Waals surface area contributed by atoms with Gasteiger partial charge in [-0.25, -0.2) is 4.39 Å². The smallest absolute Gasteiger partial charge is 0.124 e. The molecule has 0 amide bonds. The Morgan fingerprint density at radius 1 is 1.35 bits per heavy atom. The Hall–Kier alpha value is -0.160. The fourth-order valence-electron chi connectivity index (χ4n) is 2.70. The molecular formula is C15H23BrClFN2. The van der Waals surface area contributed by atoms with Crippen LogP contribution >= 0.6 is 28.3 Å². The molecule has 114 valence electrons. The first-order valence-corrected chi connectivity index (χ1v) is 7.91. The topological polar surface area (TPSA) is 15.3 Å². The van der Waals surface area contributed by atoms with E-state index in [1.54, 1.807) is 12.1 Å². The van der Waals surface area contributed by atoms with Crippen LogP contribution in [0.5, 0.6) is 0 Å². The third-order valence-corrected chi connectivity index (χ3v) is 4.43. The number of hydrogen-bond acceptors (Lipinski definition) is 2. The van der Waals surface area contributed by atoms with Crippen LogP contribution in [-0.4, -0.2) is 31.1 Å². The summed E-state index contributed by atoms with van der Waals surface area (Å²) in [5.74, 6) is -0.176. The fourth-order valence-corrected chi connectivity index (χ4v) is 3.31. The summed E-state index contributed by atoms with van der Waals surface area (Å²) in [7, 11) is 0. The first-order valence-electron chi connectivity index (χ1n) is 7.12. The van der Waals surface area contributed by atoms with Gasteiger partial charge in [-0.15, -0.1) is 12.4 Å². The second kappa shape index (κ2) is 8.98. The molecule has 0 saturated carbocycles. The number of piperazine rings is 1. The molecule has 20 heavy (non-hydrogen) atoms. The molecule has 0 aromatic heterocycles. The molecule has 0 unspecified atom stereocenters. The van der Waals surface area contributed by atoms with Crippen molar-refractivity contribution in [3.05, 3.63) is 34.1 Å². The summed E-state index contributed by atoms with van der Waals surface area (Å²) in [4.78, 5) is 2.52. The molecule has 0 aliphatic carbocycles. The maximum Gasteiger partial charge on any atom is 0.124 e. The van der Waals surface area contributed by atoms with Gasteiger partial charge in [0.25, 0.3) is 0 Å². The highest BCUT2D eigenvalue weighted by molar-refractivity contribution is 9.10. The number of halogens is 3. The minimum atomic E-state index is -0.176. The average molecular weight is 366 g/mol. The minimum absolute atomic E-state index is 0. The summed E-state index contributed by atoms with van der Waals surface area (Å²) in [5.41, 5.74) is 1.22. The lowest BCUT2D eigenvalue weighted by Gasteiger charge is -2.35. The Morgan fingerprint density at radius 2 is 2.05 bits per heavy atom. The zero-order valence-corrected chi connectivity index (χ0v) is 14.3. The van der Waals surface area contributed by atoms with Gasteiger partial charge in [0.1, 0.15) is 5.82 Å². The molecule has 1 aliphatic rings. The van der Waals surface area contributed by atoms with Gasteiger partial charge in [-0.3, -0.25) is 4.90 Å². The Morgan fingerprint density at radius 3 is 2.65 bits per heavy atom. The second-order valence-corrected chi connectivity index (χ2v) is 5.96. The summed E-state index contributed by atoms with van der Waals surface area (Å²) >= 11 is 3.52. The Balaban J connectivity index is 0.00000200. The minimum Gasteiger partial charge on any atom is -0.314 e. The lowest BCUT2D eigenvalue weighted by Crippen LogP contribution is -2.45. The summed E-state index contributed by atoms with van der Waals surface area (Å²) in [5, 5.41) is 3.39. The van der Waals surface area contributed by atoms with Crippen molar-refractivity contribution in [2.75, 3.05) is 26.2 Å². The van der Waals surface area contributed by atoms with Crippen molar-refractivity contribution < 1.29 is 4.39 Å². The van der Waals surface area contributed by atoms with E-state index < -0.39 is 0 Å². The summed E-state index contributed by atoms with van der Waals surface area (Å²) in [6.45, 7) is 6.44. The van der Waals surface area contributed by atoms with Crippen LogP contribution in [0.1, 0.15) is 37.8 Å². The molecule has 1 aromatic rings. The standard InChI is InChI=1S/C15H22BrFN2.ClH/c1-2-3-4-15(19-9-7-18-8-10-19)13-6-5-12(17)11-14(13)16;/h5-6,11,15,18H,2-4,7-10H2,1H3;1H/t15-;/m0./s1. The first-order chi connectivity index (χ1) is 9.22. The van der Waals surface area contributed by atoms with Crippen LogP contribution in [-0.2, 0) is 0 Å². The van der Waals surface area contributed by atoms with Crippen molar-refractivity contribution in [1.29, 1.82) is 0 Å². The second-order valence-electron chi connectivity index (χ2n) is 5.11. The van der Waals surface area contributed by atoms with Crippen molar-refractivity contribution in [3.8, 4) is 0 Å². The predicted octanol–water partition coefficient (Wildman–Crippen LogP) is 4.15. The van der Waals surface area contributed by atoms with E-state index in [2.05, 4.69) is 33.1 Å². The van der Waals surface area contributed by atoms with Gasteiger partial charge >= 0.3 is 0 Å². The molecule has 0 bridgehead atoms. The highest BCUT2D eigenvalue weighted by Gasteiger charge is 2.23. The molecule has 1 heterocycles. The molecule has 1 aliphatic heterocycles. The van der Waals surface area contributed by atoms with Crippen LogP contribution in [0.15, 0.2) is 22.7 Å². The molecule has 1 saturated heterocycles. The molecule has 1 aromatic carbocycles. The van der Waals surface area contributed by atoms with Crippen LogP contribution < -0.4 is 5.32 Å². The van der Waals surface area contributed by atoms with Crippen LogP contribution in [0.3, 0.4) is 0 Å². The van der Waals surface area contributed by atoms with E-state index in [9.17, 15) is 4.39 Å². The van der Waals surface area contributed by atoms with Crippen molar-refractivity contribution in [1.82, 2.24) is 10.2 Å². The van der Waals surface area contributed by atoms with Gasteiger partial charge < -0.3 is 5.32 Å². The van der Waals surface area contributed by atoms with E-state index in [0.29, 0.717) is 6.04 Å². The number of benzene rings is 1. The molecule has 1 fully saturated rings. The summed E-state index contributed by atoms with van der Waals surface area (Å²) < 4.78 is 14.1. The summed E-state index contributed by atoms with van der Waals surface area (Å²) in [6, 6.07) is 5.48. The van der Waals surface area contributed by atoms with Gasteiger partial charge in [-0.1, -0.05) is 41.8 Å².